The SMILES string of the molecule is Cl.c1ccc(CSc2ccc(Nc3ncnc4ccccc34)cc2)cc1. The van der Waals surface area contributed by atoms with Gasteiger partial charge >= 0.3 is 0 Å². The van der Waals surface area contributed by atoms with E-state index < -0.39 is 0 Å². The third-order valence-electron chi connectivity index (χ3n) is 3.91. The van der Waals surface area contributed by atoms with Crippen LogP contribution in [-0.4, -0.2) is 9.97 Å². The van der Waals surface area contributed by atoms with Crippen LogP contribution >= 0.6 is 24.2 Å². The first-order chi connectivity index (χ1) is 12.4. The molecule has 0 radical (unpaired) electrons. The molecule has 26 heavy (non-hydrogen) atoms. The molecule has 3 aromatic carbocycles. The minimum absolute atomic E-state index is 0. The van der Waals surface area contributed by atoms with Crippen molar-refractivity contribution < 1.29 is 0 Å². The summed E-state index contributed by atoms with van der Waals surface area (Å²) in [4.78, 5) is 9.92. The second-order valence-corrected chi connectivity index (χ2v) is 6.71. The number of thioether (sulfide) groups is 1. The van der Waals surface area contributed by atoms with Crippen LogP contribution in [0.25, 0.3) is 10.9 Å². The monoisotopic (exact) mass is 379 g/mol. The molecule has 0 unspecified atom stereocenters. The summed E-state index contributed by atoms with van der Waals surface area (Å²) in [6, 6.07) is 27.0. The normalized spacial score (nSPS) is 10.3. The van der Waals surface area contributed by atoms with Crippen LogP contribution in [0.2, 0.25) is 0 Å². The highest BCUT2D eigenvalue weighted by Gasteiger charge is 2.03. The molecule has 4 aromatic rings. The lowest BCUT2D eigenvalue weighted by Gasteiger charge is -2.09. The number of aromatic nitrogens is 2. The zero-order chi connectivity index (χ0) is 16.9. The highest BCUT2D eigenvalue weighted by Crippen LogP contribution is 2.26. The highest BCUT2D eigenvalue weighted by atomic mass is 35.5. The van der Waals surface area contributed by atoms with Gasteiger partial charge in [0.25, 0.3) is 0 Å². The molecular formula is C21H18ClN3S. The predicted octanol–water partition coefficient (Wildman–Crippen LogP) is 6.09. The third-order valence-corrected chi connectivity index (χ3v) is 4.99. The van der Waals surface area contributed by atoms with Crippen LogP contribution in [0.1, 0.15) is 5.56 Å². The van der Waals surface area contributed by atoms with E-state index >= 15 is 0 Å². The first-order valence-corrected chi connectivity index (χ1v) is 9.10. The zero-order valence-electron chi connectivity index (χ0n) is 14.0. The van der Waals surface area contributed by atoms with Crippen molar-refractivity contribution >= 4 is 46.6 Å². The molecule has 5 heteroatoms. The van der Waals surface area contributed by atoms with Gasteiger partial charge in [-0.25, -0.2) is 9.97 Å². The number of halogens is 1. The average molecular weight is 380 g/mol. The Hall–Kier alpha value is -2.56. The van der Waals surface area contributed by atoms with Crippen molar-refractivity contribution in [1.29, 1.82) is 0 Å². The molecule has 4 rings (SSSR count). The van der Waals surface area contributed by atoms with E-state index in [1.807, 2.05) is 42.1 Å². The van der Waals surface area contributed by atoms with Gasteiger partial charge in [-0.2, -0.15) is 0 Å². The second kappa shape index (κ2) is 8.70. The van der Waals surface area contributed by atoms with Crippen molar-refractivity contribution in [2.24, 2.45) is 0 Å². The largest absolute Gasteiger partial charge is 0.340 e. The Morgan fingerprint density at radius 3 is 2.31 bits per heavy atom. The van der Waals surface area contributed by atoms with E-state index in [2.05, 4.69) is 63.8 Å². The number of hydrogen-bond donors (Lipinski definition) is 1. The van der Waals surface area contributed by atoms with E-state index in [9.17, 15) is 0 Å². The van der Waals surface area contributed by atoms with E-state index in [0.717, 1.165) is 28.2 Å². The number of rotatable bonds is 5. The molecule has 0 bridgehead atoms. The van der Waals surface area contributed by atoms with Crippen LogP contribution < -0.4 is 5.32 Å². The first kappa shape index (κ1) is 18.2. The molecular weight excluding hydrogens is 362 g/mol. The maximum atomic E-state index is 4.37. The molecule has 1 N–H and O–H groups in total. The topological polar surface area (TPSA) is 37.8 Å². The Labute approximate surface area is 163 Å². The smallest absolute Gasteiger partial charge is 0.141 e. The number of para-hydroxylation sites is 1. The molecule has 130 valence electrons. The molecule has 1 aromatic heterocycles. The average Bonchev–Trinajstić information content (AvgIpc) is 2.69. The van der Waals surface area contributed by atoms with Gasteiger partial charge in [-0.3, -0.25) is 0 Å². The maximum absolute atomic E-state index is 4.37. The van der Waals surface area contributed by atoms with E-state index in [4.69, 9.17) is 0 Å². The Balaban J connectivity index is 0.00000196. The quantitative estimate of drug-likeness (QED) is 0.426. The van der Waals surface area contributed by atoms with Crippen molar-refractivity contribution in [1.82, 2.24) is 9.97 Å². The van der Waals surface area contributed by atoms with Gasteiger partial charge in [-0.05, 0) is 42.0 Å². The van der Waals surface area contributed by atoms with Gasteiger partial charge in [0.15, 0.2) is 0 Å². The fourth-order valence-electron chi connectivity index (χ4n) is 2.62. The van der Waals surface area contributed by atoms with Crippen LogP contribution in [0.4, 0.5) is 11.5 Å². The van der Waals surface area contributed by atoms with Gasteiger partial charge in [0.1, 0.15) is 12.1 Å². The Morgan fingerprint density at radius 2 is 1.50 bits per heavy atom. The number of benzene rings is 3. The lowest BCUT2D eigenvalue weighted by atomic mass is 10.2. The summed E-state index contributed by atoms with van der Waals surface area (Å²) in [5.74, 6) is 1.81. The molecule has 0 fully saturated rings. The van der Waals surface area contributed by atoms with Gasteiger partial charge < -0.3 is 5.32 Å². The Bertz CT molecular complexity index is 970. The third kappa shape index (κ3) is 4.34. The van der Waals surface area contributed by atoms with Gasteiger partial charge in [0, 0.05) is 21.7 Å². The number of hydrogen-bond acceptors (Lipinski definition) is 4. The Kier molecular flexibility index (Phi) is 6.10. The molecule has 0 aliphatic rings. The maximum Gasteiger partial charge on any atom is 0.141 e. The molecule has 0 atom stereocenters. The highest BCUT2D eigenvalue weighted by molar-refractivity contribution is 7.98. The summed E-state index contributed by atoms with van der Waals surface area (Å²) in [5.41, 5.74) is 3.30. The van der Waals surface area contributed by atoms with Crippen LogP contribution in [-0.2, 0) is 5.75 Å². The summed E-state index contributed by atoms with van der Waals surface area (Å²) >= 11 is 1.84. The molecule has 0 saturated carbocycles. The summed E-state index contributed by atoms with van der Waals surface area (Å²) in [5, 5.41) is 4.41. The predicted molar refractivity (Wildman–Crippen MR) is 113 cm³/mol. The van der Waals surface area contributed by atoms with Crippen LogP contribution in [0.5, 0.6) is 0 Å². The van der Waals surface area contributed by atoms with Crippen molar-refractivity contribution in [2.75, 3.05) is 5.32 Å². The molecule has 3 nitrogen and oxygen atoms in total. The van der Waals surface area contributed by atoms with Gasteiger partial charge in [-0.1, -0.05) is 42.5 Å². The molecule has 1 heterocycles. The fraction of sp³-hybridized carbons (Fsp3) is 0.0476. The van der Waals surface area contributed by atoms with E-state index in [0.29, 0.717) is 0 Å². The van der Waals surface area contributed by atoms with E-state index in [1.165, 1.54) is 10.5 Å². The molecule has 0 aliphatic heterocycles. The summed E-state index contributed by atoms with van der Waals surface area (Å²) in [6.45, 7) is 0. The number of nitrogens with one attached hydrogen (secondary N) is 1. The van der Waals surface area contributed by atoms with E-state index in [-0.39, 0.29) is 12.4 Å². The second-order valence-electron chi connectivity index (χ2n) is 5.66. The lowest BCUT2D eigenvalue weighted by molar-refractivity contribution is 1.22. The fourth-order valence-corrected chi connectivity index (χ4v) is 3.47. The van der Waals surface area contributed by atoms with Crippen molar-refractivity contribution in [3.63, 3.8) is 0 Å². The standard InChI is InChI=1S/C21H17N3S.ClH/c1-2-6-16(7-3-1)14-25-18-12-10-17(11-13-18)24-21-19-8-4-5-9-20(19)22-15-23-21;/h1-13,15H,14H2,(H,22,23,24);1H. The molecule has 0 saturated heterocycles. The minimum Gasteiger partial charge on any atom is -0.340 e. The summed E-state index contributed by atoms with van der Waals surface area (Å²) < 4.78 is 0. The number of anilines is 2. The first-order valence-electron chi connectivity index (χ1n) is 8.12. The molecule has 0 amide bonds. The number of nitrogens with zero attached hydrogens (tertiary/aromatic N) is 2. The zero-order valence-corrected chi connectivity index (χ0v) is 15.6. The summed E-state index contributed by atoms with van der Waals surface area (Å²) in [6.07, 6.45) is 1.59. The number of fused-ring (bicyclic) bond motifs is 1. The van der Waals surface area contributed by atoms with Gasteiger partial charge in [-0.15, -0.1) is 24.2 Å². The minimum atomic E-state index is 0. The van der Waals surface area contributed by atoms with Crippen molar-refractivity contribution in [2.45, 2.75) is 10.6 Å². The van der Waals surface area contributed by atoms with Gasteiger partial charge in [0.05, 0.1) is 5.52 Å². The molecule has 0 aliphatic carbocycles. The van der Waals surface area contributed by atoms with Crippen molar-refractivity contribution in [3.8, 4) is 0 Å². The van der Waals surface area contributed by atoms with Crippen LogP contribution in [0.3, 0.4) is 0 Å². The van der Waals surface area contributed by atoms with Crippen LogP contribution in [0, 0.1) is 0 Å². The van der Waals surface area contributed by atoms with E-state index in [1.54, 1.807) is 6.33 Å². The van der Waals surface area contributed by atoms with Crippen LogP contribution in [0.15, 0.2) is 90.1 Å². The van der Waals surface area contributed by atoms with Crippen molar-refractivity contribution in [3.05, 3.63) is 90.8 Å². The summed E-state index contributed by atoms with van der Waals surface area (Å²) in [7, 11) is 0. The lowest BCUT2D eigenvalue weighted by Crippen LogP contribution is -1.95. The Morgan fingerprint density at radius 1 is 0.769 bits per heavy atom. The van der Waals surface area contributed by atoms with Gasteiger partial charge in [0.2, 0.25) is 0 Å². The molecule has 0 spiro atoms.